The molecule has 1 heterocycles. The number of nitrogens with zero attached hydrogens (tertiary/aromatic N) is 1. The van der Waals surface area contributed by atoms with E-state index in [1.807, 2.05) is 0 Å². The lowest BCUT2D eigenvalue weighted by atomic mass is 10.1. The van der Waals surface area contributed by atoms with Crippen molar-refractivity contribution in [2.45, 2.75) is 20.1 Å². The van der Waals surface area contributed by atoms with E-state index in [-0.39, 0.29) is 0 Å². The molecule has 0 amide bonds. The molecule has 2 heteroatoms. The van der Waals surface area contributed by atoms with E-state index in [1.165, 1.54) is 22.4 Å². The molecule has 0 fully saturated rings. The van der Waals surface area contributed by atoms with E-state index >= 15 is 0 Å². The van der Waals surface area contributed by atoms with Crippen LogP contribution in [0.1, 0.15) is 16.7 Å². The van der Waals surface area contributed by atoms with Crippen molar-refractivity contribution in [1.82, 2.24) is 0 Å². The SMILES string of the molecule is Cc1cccc(N2COCc3ccccc3C2)c1. The van der Waals surface area contributed by atoms with Crippen molar-refractivity contribution in [2.24, 2.45) is 0 Å². The van der Waals surface area contributed by atoms with Gasteiger partial charge in [-0.05, 0) is 35.7 Å². The van der Waals surface area contributed by atoms with Crippen molar-refractivity contribution in [3.63, 3.8) is 0 Å². The largest absolute Gasteiger partial charge is 0.356 e. The summed E-state index contributed by atoms with van der Waals surface area (Å²) in [5.74, 6) is 0. The second-order valence-corrected chi connectivity index (χ2v) is 4.78. The minimum atomic E-state index is 0.651. The van der Waals surface area contributed by atoms with Crippen LogP contribution in [0.2, 0.25) is 0 Å². The number of rotatable bonds is 1. The van der Waals surface area contributed by atoms with E-state index in [2.05, 4.69) is 60.4 Å². The van der Waals surface area contributed by atoms with Gasteiger partial charge < -0.3 is 9.64 Å². The van der Waals surface area contributed by atoms with Crippen LogP contribution in [-0.4, -0.2) is 6.73 Å². The van der Waals surface area contributed by atoms with Gasteiger partial charge in [-0.2, -0.15) is 0 Å². The summed E-state index contributed by atoms with van der Waals surface area (Å²) in [6.07, 6.45) is 0. The quantitative estimate of drug-likeness (QED) is 0.755. The van der Waals surface area contributed by atoms with Crippen molar-refractivity contribution in [2.75, 3.05) is 11.6 Å². The first-order valence-electron chi connectivity index (χ1n) is 6.29. The van der Waals surface area contributed by atoms with Crippen LogP contribution >= 0.6 is 0 Å². The van der Waals surface area contributed by atoms with Crippen LogP contribution in [-0.2, 0) is 17.9 Å². The molecule has 0 spiro atoms. The van der Waals surface area contributed by atoms with Crippen LogP contribution in [0.15, 0.2) is 48.5 Å². The second kappa shape index (κ2) is 4.83. The highest BCUT2D eigenvalue weighted by atomic mass is 16.5. The number of fused-ring (bicyclic) bond motifs is 1. The molecule has 0 unspecified atom stereocenters. The Labute approximate surface area is 108 Å². The van der Waals surface area contributed by atoms with Gasteiger partial charge in [0.15, 0.2) is 0 Å². The fourth-order valence-corrected chi connectivity index (χ4v) is 2.36. The van der Waals surface area contributed by atoms with E-state index in [0.717, 1.165) is 6.54 Å². The molecular weight excluding hydrogens is 222 g/mol. The number of hydrogen-bond donors (Lipinski definition) is 0. The van der Waals surface area contributed by atoms with Gasteiger partial charge in [0.05, 0.1) is 6.61 Å². The van der Waals surface area contributed by atoms with Gasteiger partial charge in [-0.3, -0.25) is 0 Å². The molecule has 2 aromatic rings. The van der Waals surface area contributed by atoms with Crippen LogP contribution in [0.3, 0.4) is 0 Å². The minimum Gasteiger partial charge on any atom is -0.356 e. The molecule has 0 atom stereocenters. The second-order valence-electron chi connectivity index (χ2n) is 4.78. The average Bonchev–Trinajstić information content (AvgIpc) is 2.60. The van der Waals surface area contributed by atoms with E-state index in [1.54, 1.807) is 0 Å². The van der Waals surface area contributed by atoms with E-state index in [4.69, 9.17) is 4.74 Å². The Kier molecular flexibility index (Phi) is 3.03. The number of anilines is 1. The molecule has 0 N–H and O–H groups in total. The Hall–Kier alpha value is -1.80. The van der Waals surface area contributed by atoms with Crippen LogP contribution in [0.25, 0.3) is 0 Å². The fraction of sp³-hybridized carbons (Fsp3) is 0.250. The molecule has 1 aliphatic heterocycles. The number of aryl methyl sites for hydroxylation is 1. The van der Waals surface area contributed by atoms with Gasteiger partial charge >= 0.3 is 0 Å². The van der Waals surface area contributed by atoms with E-state index in [0.29, 0.717) is 13.3 Å². The lowest BCUT2D eigenvalue weighted by Crippen LogP contribution is -2.23. The first kappa shape index (κ1) is 11.3. The lowest BCUT2D eigenvalue weighted by Gasteiger charge is -2.22. The number of ether oxygens (including phenoxy) is 1. The van der Waals surface area contributed by atoms with Crippen LogP contribution < -0.4 is 4.90 Å². The summed E-state index contributed by atoms with van der Waals surface area (Å²) in [7, 11) is 0. The summed E-state index contributed by atoms with van der Waals surface area (Å²) in [5, 5.41) is 0. The van der Waals surface area contributed by atoms with Crippen molar-refractivity contribution < 1.29 is 4.74 Å². The molecular formula is C16H17NO. The van der Waals surface area contributed by atoms with E-state index in [9.17, 15) is 0 Å². The highest BCUT2D eigenvalue weighted by molar-refractivity contribution is 5.49. The Morgan fingerprint density at radius 3 is 2.67 bits per heavy atom. The van der Waals surface area contributed by atoms with Gasteiger partial charge in [-0.1, -0.05) is 36.4 Å². The first-order chi connectivity index (χ1) is 8.83. The minimum absolute atomic E-state index is 0.651. The molecule has 92 valence electrons. The maximum Gasteiger partial charge on any atom is 0.119 e. The van der Waals surface area contributed by atoms with Crippen molar-refractivity contribution >= 4 is 5.69 Å². The normalized spacial score (nSPS) is 15.1. The fourth-order valence-electron chi connectivity index (χ4n) is 2.36. The first-order valence-corrected chi connectivity index (χ1v) is 6.29. The Morgan fingerprint density at radius 1 is 1.00 bits per heavy atom. The third kappa shape index (κ3) is 2.24. The molecule has 0 saturated heterocycles. The Morgan fingerprint density at radius 2 is 1.83 bits per heavy atom. The summed E-state index contributed by atoms with van der Waals surface area (Å²) in [5.41, 5.74) is 5.17. The van der Waals surface area contributed by atoms with Crippen molar-refractivity contribution in [1.29, 1.82) is 0 Å². The molecule has 0 saturated carbocycles. The predicted octanol–water partition coefficient (Wildman–Crippen LogP) is 3.49. The molecule has 18 heavy (non-hydrogen) atoms. The molecule has 0 aromatic heterocycles. The molecule has 2 nitrogen and oxygen atoms in total. The smallest absolute Gasteiger partial charge is 0.119 e. The maximum absolute atomic E-state index is 5.75. The van der Waals surface area contributed by atoms with Gasteiger partial charge in [0.25, 0.3) is 0 Å². The third-order valence-corrected chi connectivity index (χ3v) is 3.35. The molecule has 0 bridgehead atoms. The zero-order valence-corrected chi connectivity index (χ0v) is 10.6. The third-order valence-electron chi connectivity index (χ3n) is 3.35. The summed E-state index contributed by atoms with van der Waals surface area (Å²) in [4.78, 5) is 2.28. The van der Waals surface area contributed by atoms with Gasteiger partial charge in [0.1, 0.15) is 6.73 Å². The summed E-state index contributed by atoms with van der Waals surface area (Å²) < 4.78 is 5.75. The summed E-state index contributed by atoms with van der Waals surface area (Å²) >= 11 is 0. The zero-order chi connectivity index (χ0) is 12.4. The molecule has 3 rings (SSSR count). The summed E-state index contributed by atoms with van der Waals surface area (Å²) in [6.45, 7) is 4.40. The molecule has 2 aromatic carbocycles. The van der Waals surface area contributed by atoms with Gasteiger partial charge in [-0.15, -0.1) is 0 Å². The topological polar surface area (TPSA) is 12.5 Å². The van der Waals surface area contributed by atoms with Crippen molar-refractivity contribution in [3.8, 4) is 0 Å². The predicted molar refractivity (Wildman–Crippen MR) is 73.5 cm³/mol. The van der Waals surface area contributed by atoms with Crippen molar-refractivity contribution in [3.05, 3.63) is 65.2 Å². The Balaban J connectivity index is 1.91. The molecule has 0 radical (unpaired) electrons. The number of benzene rings is 2. The molecule has 1 aliphatic rings. The van der Waals surface area contributed by atoms with Gasteiger partial charge in [-0.25, -0.2) is 0 Å². The summed E-state index contributed by atoms with van der Waals surface area (Å²) in [6, 6.07) is 17.1. The highest BCUT2D eigenvalue weighted by Gasteiger charge is 2.14. The highest BCUT2D eigenvalue weighted by Crippen LogP contribution is 2.23. The average molecular weight is 239 g/mol. The Bertz CT molecular complexity index is 550. The van der Waals surface area contributed by atoms with Crippen LogP contribution in [0, 0.1) is 6.92 Å². The lowest BCUT2D eigenvalue weighted by molar-refractivity contribution is 0.126. The van der Waals surface area contributed by atoms with Gasteiger partial charge in [0, 0.05) is 12.2 Å². The standard InChI is InChI=1S/C16H17NO/c1-13-5-4-8-16(9-13)17-10-14-6-2-3-7-15(14)11-18-12-17/h2-9H,10-12H2,1H3. The van der Waals surface area contributed by atoms with Gasteiger partial charge in [0.2, 0.25) is 0 Å². The molecule has 0 aliphatic carbocycles. The maximum atomic E-state index is 5.75. The zero-order valence-electron chi connectivity index (χ0n) is 10.6. The van der Waals surface area contributed by atoms with Crippen LogP contribution in [0.4, 0.5) is 5.69 Å². The van der Waals surface area contributed by atoms with E-state index < -0.39 is 0 Å². The monoisotopic (exact) mass is 239 g/mol. The number of hydrogen-bond acceptors (Lipinski definition) is 2. The van der Waals surface area contributed by atoms with Crippen LogP contribution in [0.5, 0.6) is 0 Å².